The first-order valence-electron chi connectivity index (χ1n) is 9.13. The fourth-order valence-electron chi connectivity index (χ4n) is 3.73. The number of aromatic nitrogens is 3. The lowest BCUT2D eigenvalue weighted by molar-refractivity contribution is 0.0786. The van der Waals surface area contributed by atoms with E-state index in [4.69, 9.17) is 4.52 Å². The molecule has 2 aromatic heterocycles. The summed E-state index contributed by atoms with van der Waals surface area (Å²) in [5.74, 6) is 1.46. The molecule has 1 aromatic carbocycles. The van der Waals surface area contributed by atoms with Gasteiger partial charge in [-0.1, -0.05) is 29.3 Å². The van der Waals surface area contributed by atoms with Crippen molar-refractivity contribution in [1.29, 1.82) is 0 Å². The predicted octanol–water partition coefficient (Wildman–Crippen LogP) is 3.62. The molecule has 3 aromatic rings. The SMILES string of the molecule is Cc1cc(C)cc(C(=O)N2C[C@H](c3nc(-c4cccnc4)no3)[C@@H](C)C2)c1. The highest BCUT2D eigenvalue weighted by atomic mass is 16.5. The molecule has 1 saturated heterocycles. The molecule has 138 valence electrons. The molecule has 1 aliphatic rings. The summed E-state index contributed by atoms with van der Waals surface area (Å²) in [6.07, 6.45) is 3.42. The molecule has 0 spiro atoms. The molecular weight excluding hydrogens is 340 g/mol. The molecule has 3 heterocycles. The Morgan fingerprint density at radius 3 is 2.67 bits per heavy atom. The van der Waals surface area contributed by atoms with E-state index in [1.807, 2.05) is 43.0 Å². The highest BCUT2D eigenvalue weighted by Crippen LogP contribution is 2.33. The Labute approximate surface area is 158 Å². The molecule has 1 amide bonds. The normalized spacial score (nSPS) is 19.4. The summed E-state index contributed by atoms with van der Waals surface area (Å²) in [6.45, 7) is 7.41. The fraction of sp³-hybridized carbons (Fsp3) is 0.333. The number of amides is 1. The lowest BCUT2D eigenvalue weighted by Crippen LogP contribution is -2.29. The van der Waals surface area contributed by atoms with E-state index in [0.717, 1.165) is 22.3 Å². The van der Waals surface area contributed by atoms with Crippen LogP contribution in [-0.2, 0) is 0 Å². The molecule has 27 heavy (non-hydrogen) atoms. The fourth-order valence-corrected chi connectivity index (χ4v) is 3.73. The summed E-state index contributed by atoms with van der Waals surface area (Å²) >= 11 is 0. The Morgan fingerprint density at radius 2 is 1.96 bits per heavy atom. The maximum Gasteiger partial charge on any atom is 0.253 e. The van der Waals surface area contributed by atoms with E-state index in [0.29, 0.717) is 24.8 Å². The standard InChI is InChI=1S/C21H22N4O2/c1-13-7-14(2)9-17(8-13)21(26)25-11-15(3)18(12-25)20-23-19(24-27-20)16-5-4-6-22-10-16/h4-10,15,18H,11-12H2,1-3H3/t15-,18-/m0/s1. The lowest BCUT2D eigenvalue weighted by Gasteiger charge is -2.16. The van der Waals surface area contributed by atoms with Crippen molar-refractivity contribution < 1.29 is 9.32 Å². The van der Waals surface area contributed by atoms with Crippen LogP contribution in [0.1, 0.15) is 40.2 Å². The third-order valence-corrected chi connectivity index (χ3v) is 5.05. The van der Waals surface area contributed by atoms with Crippen molar-refractivity contribution in [3.8, 4) is 11.4 Å². The summed E-state index contributed by atoms with van der Waals surface area (Å²) in [6, 6.07) is 9.70. The van der Waals surface area contributed by atoms with Gasteiger partial charge in [-0.2, -0.15) is 4.98 Å². The van der Waals surface area contributed by atoms with Gasteiger partial charge in [0, 0.05) is 36.6 Å². The Morgan fingerprint density at radius 1 is 1.19 bits per heavy atom. The highest BCUT2D eigenvalue weighted by Gasteiger charge is 2.37. The molecule has 0 saturated carbocycles. The zero-order chi connectivity index (χ0) is 19.0. The summed E-state index contributed by atoms with van der Waals surface area (Å²) in [5.41, 5.74) is 3.75. The van der Waals surface area contributed by atoms with E-state index in [-0.39, 0.29) is 17.7 Å². The first-order chi connectivity index (χ1) is 13.0. The number of nitrogens with zero attached hydrogens (tertiary/aromatic N) is 4. The summed E-state index contributed by atoms with van der Waals surface area (Å²) in [5, 5.41) is 4.09. The largest absolute Gasteiger partial charge is 0.339 e. The van der Waals surface area contributed by atoms with Gasteiger partial charge in [0.25, 0.3) is 5.91 Å². The average molecular weight is 362 g/mol. The van der Waals surface area contributed by atoms with Crippen LogP contribution in [0.4, 0.5) is 0 Å². The second-order valence-electron chi connectivity index (χ2n) is 7.37. The summed E-state index contributed by atoms with van der Waals surface area (Å²) in [7, 11) is 0. The van der Waals surface area contributed by atoms with E-state index < -0.39 is 0 Å². The summed E-state index contributed by atoms with van der Waals surface area (Å²) in [4.78, 5) is 23.5. The number of rotatable bonds is 3. The van der Waals surface area contributed by atoms with Crippen LogP contribution in [0.25, 0.3) is 11.4 Å². The number of aryl methyl sites for hydroxylation is 2. The van der Waals surface area contributed by atoms with Gasteiger partial charge < -0.3 is 9.42 Å². The third kappa shape index (κ3) is 3.47. The number of pyridine rings is 1. The van der Waals surface area contributed by atoms with Gasteiger partial charge in [0.05, 0.1) is 5.92 Å². The first kappa shape index (κ1) is 17.4. The molecule has 0 unspecified atom stereocenters. The number of carbonyl (C=O) groups is 1. The lowest BCUT2D eigenvalue weighted by atomic mass is 9.98. The average Bonchev–Trinajstić information content (AvgIpc) is 3.27. The molecule has 0 radical (unpaired) electrons. The van der Waals surface area contributed by atoms with Crippen molar-refractivity contribution in [1.82, 2.24) is 20.0 Å². The number of hydrogen-bond acceptors (Lipinski definition) is 5. The second kappa shape index (κ2) is 6.95. The molecular formula is C21H22N4O2. The van der Waals surface area contributed by atoms with Crippen molar-refractivity contribution >= 4 is 5.91 Å². The van der Waals surface area contributed by atoms with Gasteiger partial charge in [-0.25, -0.2) is 0 Å². The van der Waals surface area contributed by atoms with Crippen molar-refractivity contribution in [2.24, 2.45) is 5.92 Å². The van der Waals surface area contributed by atoms with Crippen LogP contribution < -0.4 is 0 Å². The van der Waals surface area contributed by atoms with Crippen LogP contribution in [0, 0.1) is 19.8 Å². The minimum Gasteiger partial charge on any atom is -0.339 e. The number of likely N-dealkylation sites (tertiary alicyclic amines) is 1. The molecule has 6 heteroatoms. The van der Waals surface area contributed by atoms with Gasteiger partial charge in [0.1, 0.15) is 0 Å². The quantitative estimate of drug-likeness (QED) is 0.711. The number of hydrogen-bond donors (Lipinski definition) is 0. The molecule has 1 aliphatic heterocycles. The maximum absolute atomic E-state index is 13.0. The van der Waals surface area contributed by atoms with Gasteiger partial charge >= 0.3 is 0 Å². The van der Waals surface area contributed by atoms with Crippen molar-refractivity contribution in [3.63, 3.8) is 0 Å². The number of benzene rings is 1. The zero-order valence-corrected chi connectivity index (χ0v) is 15.7. The smallest absolute Gasteiger partial charge is 0.253 e. The van der Waals surface area contributed by atoms with Crippen molar-refractivity contribution in [3.05, 3.63) is 65.3 Å². The van der Waals surface area contributed by atoms with Gasteiger partial charge in [-0.3, -0.25) is 9.78 Å². The Kier molecular flexibility index (Phi) is 4.48. The predicted molar refractivity (Wildman–Crippen MR) is 101 cm³/mol. The van der Waals surface area contributed by atoms with Crippen LogP contribution in [0.5, 0.6) is 0 Å². The van der Waals surface area contributed by atoms with Crippen LogP contribution >= 0.6 is 0 Å². The van der Waals surface area contributed by atoms with E-state index in [1.165, 1.54) is 0 Å². The number of carbonyl (C=O) groups excluding carboxylic acids is 1. The Hall–Kier alpha value is -3.02. The second-order valence-corrected chi connectivity index (χ2v) is 7.37. The monoisotopic (exact) mass is 362 g/mol. The minimum atomic E-state index is 0.0396. The van der Waals surface area contributed by atoms with E-state index in [9.17, 15) is 4.79 Å². The first-order valence-corrected chi connectivity index (χ1v) is 9.13. The molecule has 6 nitrogen and oxygen atoms in total. The van der Waals surface area contributed by atoms with E-state index in [1.54, 1.807) is 12.4 Å². The van der Waals surface area contributed by atoms with Crippen molar-refractivity contribution in [2.45, 2.75) is 26.7 Å². The van der Waals surface area contributed by atoms with Crippen LogP contribution in [0.2, 0.25) is 0 Å². The molecule has 0 bridgehead atoms. The molecule has 1 fully saturated rings. The summed E-state index contributed by atoms with van der Waals surface area (Å²) < 4.78 is 5.52. The Bertz CT molecular complexity index is 947. The van der Waals surface area contributed by atoms with E-state index >= 15 is 0 Å². The van der Waals surface area contributed by atoms with E-state index in [2.05, 4.69) is 28.1 Å². The van der Waals surface area contributed by atoms with Crippen molar-refractivity contribution in [2.75, 3.05) is 13.1 Å². The van der Waals surface area contributed by atoms with Gasteiger partial charge in [-0.15, -0.1) is 0 Å². The van der Waals surface area contributed by atoms with Gasteiger partial charge in [-0.05, 0) is 44.0 Å². The molecule has 2 atom stereocenters. The van der Waals surface area contributed by atoms with Gasteiger partial charge in [0.2, 0.25) is 11.7 Å². The Balaban J connectivity index is 1.53. The third-order valence-electron chi connectivity index (χ3n) is 5.05. The molecule has 4 rings (SSSR count). The zero-order valence-electron chi connectivity index (χ0n) is 15.7. The van der Waals surface area contributed by atoms with Crippen LogP contribution in [-0.4, -0.2) is 39.0 Å². The topological polar surface area (TPSA) is 72.1 Å². The minimum absolute atomic E-state index is 0.0396. The highest BCUT2D eigenvalue weighted by molar-refractivity contribution is 5.94. The molecule has 0 N–H and O–H groups in total. The van der Waals surface area contributed by atoms with Crippen LogP contribution in [0.15, 0.2) is 47.2 Å². The van der Waals surface area contributed by atoms with Gasteiger partial charge in [0.15, 0.2) is 0 Å². The van der Waals surface area contributed by atoms with Crippen LogP contribution in [0.3, 0.4) is 0 Å². The molecule has 0 aliphatic carbocycles. The maximum atomic E-state index is 13.0.